The predicted molar refractivity (Wildman–Crippen MR) is 101 cm³/mol. The fourth-order valence-corrected chi connectivity index (χ4v) is 2.65. The molecule has 1 unspecified atom stereocenters. The molecule has 6 heteroatoms. The third kappa shape index (κ3) is 4.62. The zero-order chi connectivity index (χ0) is 19.5. The Balaban J connectivity index is 2.32. The maximum atomic E-state index is 12.4. The highest BCUT2D eigenvalue weighted by Crippen LogP contribution is 2.28. The third-order valence-corrected chi connectivity index (χ3v) is 4.13. The number of rotatable bonds is 5. The van der Waals surface area contributed by atoms with Crippen molar-refractivity contribution in [1.29, 1.82) is 0 Å². The standard InChI is InChI=1S/C20H22ClNO4/c1-19(2,3)26-18(25)20(22,17(23)24)12-15-10-9-14(11-16(15)21)13-7-5-4-6-8-13/h4-11H,12,22H2,1-3H3,(H,23,24). The monoisotopic (exact) mass is 375 g/mol. The van der Waals surface area contributed by atoms with Gasteiger partial charge in [-0.25, -0.2) is 9.59 Å². The first-order valence-corrected chi connectivity index (χ1v) is 8.50. The largest absolute Gasteiger partial charge is 0.479 e. The van der Waals surface area contributed by atoms with Gasteiger partial charge in [0.2, 0.25) is 5.54 Å². The van der Waals surface area contributed by atoms with Crippen molar-refractivity contribution in [3.8, 4) is 11.1 Å². The number of carboxylic acids is 1. The van der Waals surface area contributed by atoms with E-state index in [1.54, 1.807) is 32.9 Å². The molecule has 0 heterocycles. The highest BCUT2D eigenvalue weighted by molar-refractivity contribution is 6.31. The van der Waals surface area contributed by atoms with Gasteiger partial charge in [-0.2, -0.15) is 0 Å². The second kappa shape index (κ2) is 7.48. The number of hydrogen-bond donors (Lipinski definition) is 2. The smallest absolute Gasteiger partial charge is 0.338 e. The molecule has 0 bridgehead atoms. The van der Waals surface area contributed by atoms with Crippen LogP contribution in [0.3, 0.4) is 0 Å². The molecular formula is C20H22ClNO4. The van der Waals surface area contributed by atoms with E-state index in [1.807, 2.05) is 36.4 Å². The quantitative estimate of drug-likeness (QED) is 0.614. The van der Waals surface area contributed by atoms with Crippen LogP contribution in [-0.2, 0) is 20.7 Å². The van der Waals surface area contributed by atoms with Crippen LogP contribution in [0.4, 0.5) is 0 Å². The number of aliphatic carboxylic acids is 1. The van der Waals surface area contributed by atoms with E-state index in [4.69, 9.17) is 22.1 Å². The van der Waals surface area contributed by atoms with E-state index in [0.717, 1.165) is 11.1 Å². The molecule has 0 aliphatic rings. The minimum absolute atomic E-state index is 0.273. The number of hydrogen-bond acceptors (Lipinski definition) is 4. The van der Waals surface area contributed by atoms with Gasteiger partial charge < -0.3 is 15.6 Å². The molecule has 138 valence electrons. The highest BCUT2D eigenvalue weighted by atomic mass is 35.5. The van der Waals surface area contributed by atoms with Crippen molar-refractivity contribution in [1.82, 2.24) is 0 Å². The van der Waals surface area contributed by atoms with Crippen molar-refractivity contribution in [2.75, 3.05) is 0 Å². The van der Waals surface area contributed by atoms with Crippen LogP contribution in [0.15, 0.2) is 48.5 Å². The molecule has 0 spiro atoms. The summed E-state index contributed by atoms with van der Waals surface area (Å²) >= 11 is 6.33. The van der Waals surface area contributed by atoms with Crippen molar-refractivity contribution in [2.24, 2.45) is 5.73 Å². The molecule has 1 atom stereocenters. The van der Waals surface area contributed by atoms with Gasteiger partial charge in [0.05, 0.1) is 0 Å². The van der Waals surface area contributed by atoms with Gasteiger partial charge in [0.15, 0.2) is 0 Å². The van der Waals surface area contributed by atoms with Gasteiger partial charge >= 0.3 is 11.9 Å². The summed E-state index contributed by atoms with van der Waals surface area (Å²) < 4.78 is 5.18. The highest BCUT2D eigenvalue weighted by Gasteiger charge is 2.46. The van der Waals surface area contributed by atoms with Crippen LogP contribution >= 0.6 is 11.6 Å². The lowest BCUT2D eigenvalue weighted by atomic mass is 9.90. The molecule has 0 radical (unpaired) electrons. The second-order valence-electron chi connectivity index (χ2n) is 7.13. The summed E-state index contributed by atoms with van der Waals surface area (Å²) in [4.78, 5) is 24.0. The van der Waals surface area contributed by atoms with Crippen LogP contribution in [0, 0.1) is 0 Å². The van der Waals surface area contributed by atoms with Crippen molar-refractivity contribution >= 4 is 23.5 Å². The fourth-order valence-electron chi connectivity index (χ4n) is 2.41. The molecule has 0 fully saturated rings. The number of ether oxygens (including phenoxy) is 1. The van der Waals surface area contributed by atoms with Gasteiger partial charge in [0.1, 0.15) is 5.60 Å². The number of nitrogens with two attached hydrogens (primary N) is 1. The number of carboxylic acid groups (broad SMARTS) is 1. The average Bonchev–Trinajstić information content (AvgIpc) is 2.55. The molecule has 2 aromatic rings. The molecule has 2 rings (SSSR count). The fraction of sp³-hybridized carbons (Fsp3) is 0.300. The SMILES string of the molecule is CC(C)(C)OC(=O)C(N)(Cc1ccc(-c2ccccc2)cc1Cl)C(=O)O. The summed E-state index contributed by atoms with van der Waals surface area (Å²) in [5.41, 5.74) is 5.16. The van der Waals surface area contributed by atoms with Crippen LogP contribution in [0.25, 0.3) is 11.1 Å². The summed E-state index contributed by atoms with van der Waals surface area (Å²) in [5, 5.41) is 9.85. The summed E-state index contributed by atoms with van der Waals surface area (Å²) in [7, 11) is 0. The number of benzene rings is 2. The van der Waals surface area contributed by atoms with Gasteiger partial charge in [-0.05, 0) is 43.5 Å². The zero-order valence-electron chi connectivity index (χ0n) is 15.0. The topological polar surface area (TPSA) is 89.6 Å². The van der Waals surface area contributed by atoms with Gasteiger partial charge in [0.25, 0.3) is 0 Å². The first kappa shape index (κ1) is 19.9. The Morgan fingerprint density at radius 2 is 1.69 bits per heavy atom. The van der Waals surface area contributed by atoms with Crippen LogP contribution in [-0.4, -0.2) is 28.2 Å². The predicted octanol–water partition coefficient (Wildman–Crippen LogP) is 3.67. The van der Waals surface area contributed by atoms with Crippen molar-refractivity contribution in [2.45, 2.75) is 38.3 Å². The first-order valence-electron chi connectivity index (χ1n) is 8.12. The lowest BCUT2D eigenvalue weighted by Crippen LogP contribution is -2.58. The average molecular weight is 376 g/mol. The molecule has 5 nitrogen and oxygen atoms in total. The molecule has 0 aromatic heterocycles. The third-order valence-electron chi connectivity index (χ3n) is 3.77. The summed E-state index contributed by atoms with van der Waals surface area (Å²) in [6.45, 7) is 4.94. The molecule has 0 saturated heterocycles. The van der Waals surface area contributed by atoms with Crippen molar-refractivity contribution < 1.29 is 19.4 Å². The Bertz CT molecular complexity index is 814. The van der Waals surface area contributed by atoms with E-state index in [-0.39, 0.29) is 6.42 Å². The van der Waals surface area contributed by atoms with Gasteiger partial charge in [-0.3, -0.25) is 0 Å². The molecule has 3 N–H and O–H groups in total. The molecule has 0 aliphatic carbocycles. The van der Waals surface area contributed by atoms with Crippen LogP contribution in [0.1, 0.15) is 26.3 Å². The number of carbonyl (C=O) groups excluding carboxylic acids is 1. The minimum Gasteiger partial charge on any atom is -0.479 e. The minimum atomic E-state index is -2.22. The Kier molecular flexibility index (Phi) is 5.74. The molecule has 0 amide bonds. The Morgan fingerprint density at radius 1 is 1.08 bits per heavy atom. The molecule has 0 aliphatic heterocycles. The number of carbonyl (C=O) groups is 2. The summed E-state index contributed by atoms with van der Waals surface area (Å²) in [6, 6.07) is 14.8. The lowest BCUT2D eigenvalue weighted by molar-refractivity contribution is -0.169. The lowest BCUT2D eigenvalue weighted by Gasteiger charge is -2.28. The second-order valence-corrected chi connectivity index (χ2v) is 7.53. The number of halogens is 1. The van der Waals surface area contributed by atoms with Crippen LogP contribution in [0.2, 0.25) is 5.02 Å². The zero-order valence-corrected chi connectivity index (χ0v) is 15.7. The first-order chi connectivity index (χ1) is 12.0. The molecule has 0 saturated carbocycles. The molecule has 26 heavy (non-hydrogen) atoms. The van der Waals surface area contributed by atoms with Gasteiger partial charge in [0, 0.05) is 11.4 Å². The maximum Gasteiger partial charge on any atom is 0.338 e. The van der Waals surface area contributed by atoms with E-state index in [1.165, 1.54) is 0 Å². The van der Waals surface area contributed by atoms with Crippen LogP contribution < -0.4 is 5.73 Å². The van der Waals surface area contributed by atoms with E-state index in [0.29, 0.717) is 10.6 Å². The Hall–Kier alpha value is -2.37. The summed E-state index contributed by atoms with van der Waals surface area (Å²) in [5.74, 6) is -2.46. The van der Waals surface area contributed by atoms with E-state index in [9.17, 15) is 14.7 Å². The van der Waals surface area contributed by atoms with Crippen LogP contribution in [0.5, 0.6) is 0 Å². The van der Waals surface area contributed by atoms with E-state index >= 15 is 0 Å². The Labute approximate surface area is 157 Å². The maximum absolute atomic E-state index is 12.4. The van der Waals surface area contributed by atoms with E-state index < -0.39 is 23.1 Å². The van der Waals surface area contributed by atoms with Crippen molar-refractivity contribution in [3.63, 3.8) is 0 Å². The van der Waals surface area contributed by atoms with Gasteiger partial charge in [-0.15, -0.1) is 0 Å². The van der Waals surface area contributed by atoms with E-state index in [2.05, 4.69) is 0 Å². The molecule has 2 aromatic carbocycles. The number of esters is 1. The van der Waals surface area contributed by atoms with Crippen molar-refractivity contribution in [3.05, 3.63) is 59.1 Å². The van der Waals surface area contributed by atoms with Gasteiger partial charge in [-0.1, -0.05) is 54.1 Å². The Morgan fingerprint density at radius 3 is 2.19 bits per heavy atom. The normalized spacial score (nSPS) is 13.7. The summed E-state index contributed by atoms with van der Waals surface area (Å²) in [6.07, 6.45) is -0.273. The molecular weight excluding hydrogens is 354 g/mol.